The van der Waals surface area contributed by atoms with E-state index in [1.807, 2.05) is 36.5 Å². The molecule has 3 nitrogen and oxygen atoms in total. The molecular weight excluding hydrogens is 268 g/mol. The number of hydrogen-bond donors (Lipinski definition) is 2. The first kappa shape index (κ1) is 15.2. The van der Waals surface area contributed by atoms with Gasteiger partial charge in [0.25, 0.3) is 0 Å². The van der Waals surface area contributed by atoms with Crippen LogP contribution in [-0.2, 0) is 13.0 Å². The molecule has 108 valence electrons. The summed E-state index contributed by atoms with van der Waals surface area (Å²) in [5.74, 6) is 0.636. The summed E-state index contributed by atoms with van der Waals surface area (Å²) in [6, 6.07) is 10.0. The topological polar surface area (TPSA) is 45.2 Å². The van der Waals surface area contributed by atoms with E-state index >= 15 is 0 Å². The van der Waals surface area contributed by atoms with Gasteiger partial charge in [-0.15, -0.1) is 11.3 Å². The molecule has 0 unspecified atom stereocenters. The van der Waals surface area contributed by atoms with Crippen molar-refractivity contribution in [3.8, 4) is 0 Å². The van der Waals surface area contributed by atoms with Gasteiger partial charge >= 0.3 is 0 Å². The third-order valence-electron chi connectivity index (χ3n) is 3.09. The lowest BCUT2D eigenvalue weighted by molar-refractivity contribution is 0.244. The van der Waals surface area contributed by atoms with Crippen LogP contribution in [0.2, 0.25) is 0 Å². The minimum Gasteiger partial charge on any atom is -0.394 e. The Kier molecular flexibility index (Phi) is 5.71. The van der Waals surface area contributed by atoms with Gasteiger partial charge in [-0.3, -0.25) is 0 Å². The molecule has 0 saturated carbocycles. The molecule has 0 saturated heterocycles. The van der Waals surface area contributed by atoms with Gasteiger partial charge in [0.05, 0.1) is 17.7 Å². The van der Waals surface area contributed by atoms with Crippen LogP contribution in [0.1, 0.15) is 35.3 Å². The van der Waals surface area contributed by atoms with Crippen LogP contribution in [0.25, 0.3) is 0 Å². The Hall–Kier alpha value is -1.23. The molecule has 0 amide bonds. The lowest BCUT2D eigenvalue weighted by atomic mass is 10.1. The van der Waals surface area contributed by atoms with Crippen LogP contribution in [0.5, 0.6) is 0 Å². The SMILES string of the molecule is CC(C)Cc1ncc(CN[C@H](CO)c2ccccc2)s1. The first-order valence-corrected chi connectivity index (χ1v) is 7.83. The second kappa shape index (κ2) is 7.53. The summed E-state index contributed by atoms with van der Waals surface area (Å²) in [4.78, 5) is 5.67. The Morgan fingerprint density at radius 1 is 1.25 bits per heavy atom. The first-order chi connectivity index (χ1) is 9.69. The van der Waals surface area contributed by atoms with E-state index in [0.717, 1.165) is 18.5 Å². The summed E-state index contributed by atoms with van der Waals surface area (Å²) in [5, 5.41) is 14.1. The first-order valence-electron chi connectivity index (χ1n) is 7.01. The molecule has 2 aromatic rings. The highest BCUT2D eigenvalue weighted by Gasteiger charge is 2.10. The van der Waals surface area contributed by atoms with E-state index in [1.165, 1.54) is 9.88 Å². The fourth-order valence-corrected chi connectivity index (χ4v) is 3.16. The van der Waals surface area contributed by atoms with Gasteiger partial charge in [-0.25, -0.2) is 4.98 Å². The number of nitrogens with one attached hydrogen (secondary N) is 1. The molecule has 0 aliphatic rings. The molecule has 1 heterocycles. The maximum absolute atomic E-state index is 9.51. The molecule has 0 spiro atoms. The van der Waals surface area contributed by atoms with Gasteiger partial charge in [-0.1, -0.05) is 44.2 Å². The molecule has 0 aliphatic carbocycles. The molecule has 2 N–H and O–H groups in total. The molecule has 0 bridgehead atoms. The highest BCUT2D eigenvalue weighted by Crippen LogP contribution is 2.18. The highest BCUT2D eigenvalue weighted by atomic mass is 32.1. The normalized spacial score (nSPS) is 12.8. The second-order valence-electron chi connectivity index (χ2n) is 5.35. The van der Waals surface area contributed by atoms with E-state index in [-0.39, 0.29) is 12.6 Å². The van der Waals surface area contributed by atoms with Crippen LogP contribution in [-0.4, -0.2) is 16.7 Å². The van der Waals surface area contributed by atoms with E-state index in [0.29, 0.717) is 5.92 Å². The van der Waals surface area contributed by atoms with Crippen molar-refractivity contribution in [1.29, 1.82) is 0 Å². The molecule has 0 radical (unpaired) electrons. The summed E-state index contributed by atoms with van der Waals surface area (Å²) in [6.07, 6.45) is 2.97. The van der Waals surface area contributed by atoms with Gasteiger partial charge in [-0.2, -0.15) is 0 Å². The van der Waals surface area contributed by atoms with Crippen molar-refractivity contribution in [2.75, 3.05) is 6.61 Å². The fraction of sp³-hybridized carbons (Fsp3) is 0.438. The molecule has 0 fully saturated rings. The van der Waals surface area contributed by atoms with Gasteiger partial charge in [0.15, 0.2) is 0 Å². The zero-order chi connectivity index (χ0) is 14.4. The number of benzene rings is 1. The summed E-state index contributed by atoms with van der Waals surface area (Å²) in [7, 11) is 0. The number of rotatable bonds is 7. The Morgan fingerprint density at radius 3 is 2.65 bits per heavy atom. The highest BCUT2D eigenvalue weighted by molar-refractivity contribution is 7.11. The second-order valence-corrected chi connectivity index (χ2v) is 6.54. The van der Waals surface area contributed by atoms with Crippen molar-refractivity contribution in [3.63, 3.8) is 0 Å². The van der Waals surface area contributed by atoms with Crippen molar-refractivity contribution in [1.82, 2.24) is 10.3 Å². The quantitative estimate of drug-likeness (QED) is 0.823. The molecule has 1 aromatic carbocycles. The minimum absolute atomic E-state index is 0.0214. The largest absolute Gasteiger partial charge is 0.394 e. The van der Waals surface area contributed by atoms with Crippen molar-refractivity contribution >= 4 is 11.3 Å². The summed E-state index contributed by atoms with van der Waals surface area (Å²) in [5.41, 5.74) is 1.11. The van der Waals surface area contributed by atoms with Crippen molar-refractivity contribution in [3.05, 3.63) is 52.0 Å². The molecule has 4 heteroatoms. The summed E-state index contributed by atoms with van der Waals surface area (Å²) < 4.78 is 0. The van der Waals surface area contributed by atoms with Crippen LogP contribution in [0.3, 0.4) is 0 Å². The fourth-order valence-electron chi connectivity index (χ4n) is 2.07. The van der Waals surface area contributed by atoms with Gasteiger partial charge in [0, 0.05) is 24.0 Å². The molecular formula is C16H22N2OS. The predicted molar refractivity (Wildman–Crippen MR) is 83.8 cm³/mol. The third-order valence-corrected chi connectivity index (χ3v) is 4.11. The van der Waals surface area contributed by atoms with Crippen LogP contribution in [0.15, 0.2) is 36.5 Å². The Balaban J connectivity index is 1.92. The van der Waals surface area contributed by atoms with Gasteiger partial charge in [0.2, 0.25) is 0 Å². The van der Waals surface area contributed by atoms with E-state index in [4.69, 9.17) is 0 Å². The van der Waals surface area contributed by atoms with E-state index in [9.17, 15) is 5.11 Å². The number of aliphatic hydroxyl groups excluding tert-OH is 1. The van der Waals surface area contributed by atoms with Gasteiger partial charge in [-0.05, 0) is 11.5 Å². The van der Waals surface area contributed by atoms with Gasteiger partial charge < -0.3 is 10.4 Å². The van der Waals surface area contributed by atoms with E-state index < -0.39 is 0 Å². The molecule has 1 aromatic heterocycles. The van der Waals surface area contributed by atoms with Gasteiger partial charge in [0.1, 0.15) is 0 Å². The Labute approximate surface area is 124 Å². The standard InChI is InChI=1S/C16H22N2OS/c1-12(2)8-16-18-10-14(20-16)9-17-15(11-19)13-6-4-3-5-7-13/h3-7,10,12,15,17,19H,8-9,11H2,1-2H3/t15-/m1/s1. The smallest absolute Gasteiger partial charge is 0.0930 e. The number of thiazole rings is 1. The van der Waals surface area contributed by atoms with Crippen LogP contribution in [0, 0.1) is 5.92 Å². The molecule has 1 atom stereocenters. The molecule has 2 rings (SSSR count). The zero-order valence-corrected chi connectivity index (χ0v) is 12.9. The number of aromatic nitrogens is 1. The zero-order valence-electron chi connectivity index (χ0n) is 12.0. The number of hydrogen-bond acceptors (Lipinski definition) is 4. The third kappa shape index (κ3) is 4.40. The van der Waals surface area contributed by atoms with E-state index in [2.05, 4.69) is 24.1 Å². The monoisotopic (exact) mass is 290 g/mol. The Bertz CT molecular complexity index is 510. The van der Waals surface area contributed by atoms with Crippen LogP contribution >= 0.6 is 11.3 Å². The number of aliphatic hydroxyl groups is 1. The maximum atomic E-state index is 9.51. The summed E-state index contributed by atoms with van der Waals surface area (Å²) >= 11 is 1.75. The number of nitrogens with zero attached hydrogens (tertiary/aromatic N) is 1. The maximum Gasteiger partial charge on any atom is 0.0930 e. The average molecular weight is 290 g/mol. The Morgan fingerprint density at radius 2 is 2.00 bits per heavy atom. The van der Waals surface area contributed by atoms with Crippen molar-refractivity contribution < 1.29 is 5.11 Å². The van der Waals surface area contributed by atoms with Crippen molar-refractivity contribution in [2.45, 2.75) is 32.9 Å². The molecule has 0 aliphatic heterocycles. The summed E-state index contributed by atoms with van der Waals surface area (Å²) in [6.45, 7) is 5.25. The lowest BCUT2D eigenvalue weighted by Gasteiger charge is -2.15. The minimum atomic E-state index is -0.0214. The van der Waals surface area contributed by atoms with Crippen LogP contribution in [0.4, 0.5) is 0 Å². The predicted octanol–water partition coefficient (Wildman–Crippen LogP) is 3.16. The van der Waals surface area contributed by atoms with E-state index in [1.54, 1.807) is 11.3 Å². The molecule has 20 heavy (non-hydrogen) atoms. The average Bonchev–Trinajstić information content (AvgIpc) is 2.87. The van der Waals surface area contributed by atoms with Crippen molar-refractivity contribution in [2.24, 2.45) is 5.92 Å². The van der Waals surface area contributed by atoms with Crippen LogP contribution < -0.4 is 5.32 Å². The lowest BCUT2D eigenvalue weighted by Crippen LogP contribution is -2.23.